The van der Waals surface area contributed by atoms with Crippen molar-refractivity contribution in [1.29, 1.82) is 0 Å². The zero-order valence-electron chi connectivity index (χ0n) is 15.8. The quantitative estimate of drug-likeness (QED) is 0.805. The van der Waals surface area contributed by atoms with Crippen LogP contribution in [0.15, 0.2) is 36.7 Å². The summed E-state index contributed by atoms with van der Waals surface area (Å²) in [6.07, 6.45) is 6.19. The van der Waals surface area contributed by atoms with Gasteiger partial charge in [-0.3, -0.25) is 19.4 Å². The first-order valence-electron chi connectivity index (χ1n) is 9.69. The maximum absolute atomic E-state index is 12.8. The second kappa shape index (κ2) is 8.19. The summed E-state index contributed by atoms with van der Waals surface area (Å²) in [5.41, 5.74) is 2.10. The van der Waals surface area contributed by atoms with Crippen molar-refractivity contribution in [2.24, 2.45) is 0 Å². The van der Waals surface area contributed by atoms with Crippen LogP contribution >= 0.6 is 0 Å². The third-order valence-corrected chi connectivity index (χ3v) is 5.58. The van der Waals surface area contributed by atoms with E-state index in [-0.39, 0.29) is 11.9 Å². The van der Waals surface area contributed by atoms with Crippen molar-refractivity contribution >= 4 is 5.91 Å². The van der Waals surface area contributed by atoms with Crippen molar-refractivity contribution in [3.63, 3.8) is 0 Å². The fraction of sp³-hybridized carbons (Fsp3) is 0.550. The van der Waals surface area contributed by atoms with Crippen LogP contribution in [-0.2, 0) is 22.6 Å². The zero-order valence-corrected chi connectivity index (χ0v) is 15.8. The lowest BCUT2D eigenvalue weighted by Gasteiger charge is -2.40. The highest BCUT2D eigenvalue weighted by atomic mass is 16.5. The van der Waals surface area contributed by atoms with Crippen molar-refractivity contribution in [3.8, 4) is 0 Å². The van der Waals surface area contributed by atoms with E-state index in [1.54, 1.807) is 11.1 Å². The van der Waals surface area contributed by atoms with Gasteiger partial charge in [0.05, 0.1) is 30.4 Å². The maximum Gasteiger partial charge on any atom is 0.224 e. The van der Waals surface area contributed by atoms with Crippen molar-refractivity contribution < 1.29 is 9.53 Å². The van der Waals surface area contributed by atoms with Gasteiger partial charge < -0.3 is 9.64 Å². The van der Waals surface area contributed by atoms with Crippen LogP contribution in [0.1, 0.15) is 36.7 Å². The molecule has 4 rings (SSSR count). The van der Waals surface area contributed by atoms with Gasteiger partial charge in [-0.25, -0.2) is 0 Å². The molecule has 7 heteroatoms. The van der Waals surface area contributed by atoms with Crippen LogP contribution in [0.5, 0.6) is 0 Å². The van der Waals surface area contributed by atoms with Gasteiger partial charge >= 0.3 is 0 Å². The second-order valence-corrected chi connectivity index (χ2v) is 7.47. The molecule has 1 atom stereocenters. The molecule has 7 nitrogen and oxygen atoms in total. The SMILES string of the molecule is CN(Cc1ccccn1)C(=O)CC1CN(C2CCOCC2)Cc2ccnn21. The summed E-state index contributed by atoms with van der Waals surface area (Å²) in [5, 5.41) is 4.50. The molecule has 0 aliphatic carbocycles. The van der Waals surface area contributed by atoms with Crippen molar-refractivity contribution in [3.05, 3.63) is 48.0 Å². The number of nitrogens with zero attached hydrogens (tertiary/aromatic N) is 5. The molecule has 4 heterocycles. The topological polar surface area (TPSA) is 63.5 Å². The van der Waals surface area contributed by atoms with E-state index < -0.39 is 0 Å². The molecule has 2 aliphatic rings. The lowest BCUT2D eigenvalue weighted by atomic mass is 10.0. The standard InChI is InChI=1S/C20H27N5O2/c1-23(13-16-4-2-3-8-21-16)20(26)12-19-15-24(17-6-10-27-11-7-17)14-18-5-9-22-25(18)19/h2-5,8-9,17,19H,6-7,10-15H2,1H3. The van der Waals surface area contributed by atoms with Crippen LogP contribution in [0.25, 0.3) is 0 Å². The van der Waals surface area contributed by atoms with Crippen LogP contribution in [-0.4, -0.2) is 63.3 Å². The summed E-state index contributed by atoms with van der Waals surface area (Å²) in [6, 6.07) is 8.46. The molecule has 0 spiro atoms. The van der Waals surface area contributed by atoms with E-state index in [1.165, 1.54) is 5.69 Å². The summed E-state index contributed by atoms with van der Waals surface area (Å²) in [6.45, 7) is 3.96. The van der Waals surface area contributed by atoms with Crippen molar-refractivity contribution in [2.45, 2.75) is 44.4 Å². The third-order valence-electron chi connectivity index (χ3n) is 5.58. The number of carbonyl (C=O) groups excluding carboxylic acids is 1. The Kier molecular flexibility index (Phi) is 5.50. The van der Waals surface area contributed by atoms with Crippen LogP contribution in [0.4, 0.5) is 0 Å². The Morgan fingerprint density at radius 3 is 2.89 bits per heavy atom. The van der Waals surface area contributed by atoms with Crippen LogP contribution in [0, 0.1) is 0 Å². The summed E-state index contributed by atoms with van der Waals surface area (Å²) in [7, 11) is 1.85. The van der Waals surface area contributed by atoms with Gasteiger partial charge in [0.2, 0.25) is 5.91 Å². The number of carbonyl (C=O) groups is 1. The highest BCUT2D eigenvalue weighted by molar-refractivity contribution is 5.76. The monoisotopic (exact) mass is 369 g/mol. The first kappa shape index (κ1) is 18.1. The molecule has 1 fully saturated rings. The van der Waals surface area contributed by atoms with E-state index in [1.807, 2.05) is 36.1 Å². The molecule has 0 N–H and O–H groups in total. The lowest BCUT2D eigenvalue weighted by molar-refractivity contribution is -0.131. The van der Waals surface area contributed by atoms with E-state index in [9.17, 15) is 4.79 Å². The van der Waals surface area contributed by atoms with E-state index in [0.29, 0.717) is 19.0 Å². The van der Waals surface area contributed by atoms with E-state index >= 15 is 0 Å². The second-order valence-electron chi connectivity index (χ2n) is 7.47. The Hall–Kier alpha value is -2.25. The van der Waals surface area contributed by atoms with Gasteiger partial charge in [0, 0.05) is 51.8 Å². The number of hydrogen-bond donors (Lipinski definition) is 0. The van der Waals surface area contributed by atoms with Crippen molar-refractivity contribution in [1.82, 2.24) is 24.6 Å². The highest BCUT2D eigenvalue weighted by Crippen LogP contribution is 2.28. The number of ether oxygens (including phenoxy) is 1. The van der Waals surface area contributed by atoms with Gasteiger partial charge in [-0.05, 0) is 31.0 Å². The van der Waals surface area contributed by atoms with E-state index in [4.69, 9.17) is 4.74 Å². The van der Waals surface area contributed by atoms with Crippen molar-refractivity contribution in [2.75, 3.05) is 26.8 Å². The third kappa shape index (κ3) is 4.20. The van der Waals surface area contributed by atoms with E-state index in [2.05, 4.69) is 21.0 Å². The van der Waals surface area contributed by atoms with Gasteiger partial charge in [-0.1, -0.05) is 6.07 Å². The number of rotatable bonds is 5. The number of amides is 1. The molecule has 1 amide bonds. The first-order valence-corrected chi connectivity index (χ1v) is 9.69. The van der Waals surface area contributed by atoms with E-state index in [0.717, 1.165) is 44.8 Å². The summed E-state index contributed by atoms with van der Waals surface area (Å²) in [5.74, 6) is 0.126. The van der Waals surface area contributed by atoms with Gasteiger partial charge in [0.15, 0.2) is 0 Å². The van der Waals surface area contributed by atoms with Crippen LogP contribution in [0.2, 0.25) is 0 Å². The van der Waals surface area contributed by atoms with Gasteiger partial charge in [-0.2, -0.15) is 5.10 Å². The number of pyridine rings is 1. The molecular weight excluding hydrogens is 342 g/mol. The minimum Gasteiger partial charge on any atom is -0.381 e. The summed E-state index contributed by atoms with van der Waals surface area (Å²) < 4.78 is 7.56. The molecule has 2 aliphatic heterocycles. The molecule has 2 aromatic heterocycles. The molecule has 0 bridgehead atoms. The zero-order chi connectivity index (χ0) is 18.6. The Balaban J connectivity index is 1.43. The van der Waals surface area contributed by atoms with Crippen LogP contribution < -0.4 is 0 Å². The Morgan fingerprint density at radius 2 is 2.11 bits per heavy atom. The molecular formula is C20H27N5O2. The predicted molar refractivity (Wildman–Crippen MR) is 101 cm³/mol. The molecule has 1 unspecified atom stereocenters. The maximum atomic E-state index is 12.8. The van der Waals surface area contributed by atoms with Gasteiger partial charge in [0.25, 0.3) is 0 Å². The predicted octanol–water partition coefficient (Wildman–Crippen LogP) is 1.86. The summed E-state index contributed by atoms with van der Waals surface area (Å²) >= 11 is 0. The molecule has 0 radical (unpaired) electrons. The molecule has 27 heavy (non-hydrogen) atoms. The molecule has 144 valence electrons. The number of hydrogen-bond acceptors (Lipinski definition) is 5. The van der Waals surface area contributed by atoms with Crippen LogP contribution in [0.3, 0.4) is 0 Å². The molecule has 0 aromatic carbocycles. The average molecular weight is 369 g/mol. The molecule has 2 aromatic rings. The van der Waals surface area contributed by atoms with Gasteiger partial charge in [0.1, 0.15) is 0 Å². The Labute approximate surface area is 159 Å². The fourth-order valence-corrected chi connectivity index (χ4v) is 4.08. The smallest absolute Gasteiger partial charge is 0.224 e. The Bertz CT molecular complexity index is 757. The fourth-order valence-electron chi connectivity index (χ4n) is 4.08. The Morgan fingerprint density at radius 1 is 1.26 bits per heavy atom. The normalized spacial score (nSPS) is 21.0. The first-order chi connectivity index (χ1) is 13.2. The highest BCUT2D eigenvalue weighted by Gasteiger charge is 2.32. The lowest BCUT2D eigenvalue weighted by Crippen LogP contribution is -2.46. The minimum absolute atomic E-state index is 0.0743. The average Bonchev–Trinajstić information content (AvgIpc) is 3.18. The number of fused-ring (bicyclic) bond motifs is 1. The molecule has 1 saturated heterocycles. The summed E-state index contributed by atoms with van der Waals surface area (Å²) in [4.78, 5) is 21.4. The van der Waals surface area contributed by atoms with Gasteiger partial charge in [-0.15, -0.1) is 0 Å². The molecule has 0 saturated carbocycles. The number of aromatic nitrogens is 3. The minimum atomic E-state index is 0.0743. The largest absolute Gasteiger partial charge is 0.381 e.